The van der Waals surface area contributed by atoms with E-state index in [0.717, 1.165) is 18.2 Å². The molecule has 1 aromatic heterocycles. The van der Waals surface area contributed by atoms with Crippen molar-refractivity contribution in [3.8, 4) is 5.75 Å². The van der Waals surface area contributed by atoms with Crippen LogP contribution in [0.4, 0.5) is 10.6 Å². The SMILES string of the molecule is C[C@H]1CN(C(=O)OC(C)(C)C)CCN1c1nc(Cl)nc2c(OC3CC3)c(Br)c(Cl)cc12. The maximum atomic E-state index is 12.5. The Balaban J connectivity index is 1.67. The number of hydrogen-bond acceptors (Lipinski definition) is 6. The molecule has 2 fully saturated rings. The van der Waals surface area contributed by atoms with E-state index < -0.39 is 5.60 Å². The standard InChI is InChI=1S/C21H25BrCl2N4O3/c1-11-10-27(20(29)31-21(2,3)4)7-8-28(11)18-13-9-14(23)15(22)17(30-12-5-6-12)16(13)25-19(24)26-18/h9,11-12H,5-8,10H2,1-4H3/t11-/m0/s1. The molecule has 0 bridgehead atoms. The Morgan fingerprint density at radius 2 is 1.94 bits per heavy atom. The van der Waals surface area contributed by atoms with Crippen LogP contribution in [0.2, 0.25) is 10.3 Å². The van der Waals surface area contributed by atoms with Gasteiger partial charge in [-0.2, -0.15) is 4.98 Å². The summed E-state index contributed by atoms with van der Waals surface area (Å²) in [4.78, 5) is 25.3. The summed E-state index contributed by atoms with van der Waals surface area (Å²) in [5.74, 6) is 1.27. The number of aromatic nitrogens is 2. The van der Waals surface area contributed by atoms with E-state index in [9.17, 15) is 4.79 Å². The van der Waals surface area contributed by atoms with Crippen molar-refractivity contribution in [2.75, 3.05) is 24.5 Å². The summed E-state index contributed by atoms with van der Waals surface area (Å²) in [6, 6.07) is 1.82. The molecule has 7 nitrogen and oxygen atoms in total. The zero-order valence-electron chi connectivity index (χ0n) is 17.9. The number of piperazine rings is 1. The van der Waals surface area contributed by atoms with Crippen LogP contribution >= 0.6 is 39.1 Å². The summed E-state index contributed by atoms with van der Waals surface area (Å²) in [6.07, 6.45) is 1.88. The fraction of sp³-hybridized carbons (Fsp3) is 0.571. The first-order valence-electron chi connectivity index (χ1n) is 10.3. The number of amides is 1. The number of fused-ring (bicyclic) bond motifs is 1. The van der Waals surface area contributed by atoms with Crippen molar-refractivity contribution >= 4 is 61.9 Å². The van der Waals surface area contributed by atoms with Crippen LogP contribution in [0.25, 0.3) is 10.9 Å². The Kier molecular flexibility index (Phi) is 6.18. The van der Waals surface area contributed by atoms with E-state index in [0.29, 0.717) is 46.2 Å². The molecule has 0 spiro atoms. The predicted molar refractivity (Wildman–Crippen MR) is 126 cm³/mol. The number of halogens is 3. The summed E-state index contributed by atoms with van der Waals surface area (Å²) in [5, 5.41) is 1.43. The average Bonchev–Trinajstić information content (AvgIpc) is 3.48. The van der Waals surface area contributed by atoms with Crippen molar-refractivity contribution < 1.29 is 14.3 Å². The highest BCUT2D eigenvalue weighted by atomic mass is 79.9. The molecule has 0 radical (unpaired) electrons. The van der Waals surface area contributed by atoms with Gasteiger partial charge in [0.05, 0.1) is 15.6 Å². The number of hydrogen-bond donors (Lipinski definition) is 0. The predicted octanol–water partition coefficient (Wildman–Crippen LogP) is 5.69. The quantitative estimate of drug-likeness (QED) is 0.474. The average molecular weight is 532 g/mol. The van der Waals surface area contributed by atoms with Crippen LogP contribution < -0.4 is 9.64 Å². The summed E-state index contributed by atoms with van der Waals surface area (Å²) < 4.78 is 12.3. The van der Waals surface area contributed by atoms with Crippen molar-refractivity contribution in [2.45, 2.75) is 58.3 Å². The summed E-state index contributed by atoms with van der Waals surface area (Å²) in [7, 11) is 0. The van der Waals surface area contributed by atoms with Gasteiger partial charge in [-0.25, -0.2) is 9.78 Å². The van der Waals surface area contributed by atoms with Crippen LogP contribution in [0.15, 0.2) is 10.5 Å². The molecule has 2 heterocycles. The molecule has 2 aromatic rings. The van der Waals surface area contributed by atoms with Crippen molar-refractivity contribution in [2.24, 2.45) is 0 Å². The highest BCUT2D eigenvalue weighted by Crippen LogP contribution is 2.44. The largest absolute Gasteiger partial charge is 0.487 e. The number of anilines is 1. The van der Waals surface area contributed by atoms with Gasteiger partial charge in [0.2, 0.25) is 5.28 Å². The van der Waals surface area contributed by atoms with Gasteiger partial charge in [0.1, 0.15) is 16.9 Å². The lowest BCUT2D eigenvalue weighted by Gasteiger charge is -2.41. The van der Waals surface area contributed by atoms with E-state index in [2.05, 4.69) is 30.8 Å². The number of benzene rings is 1. The van der Waals surface area contributed by atoms with Gasteiger partial charge in [-0.1, -0.05) is 11.6 Å². The lowest BCUT2D eigenvalue weighted by molar-refractivity contribution is 0.0218. The molecule has 31 heavy (non-hydrogen) atoms. The van der Waals surface area contributed by atoms with Crippen molar-refractivity contribution in [1.82, 2.24) is 14.9 Å². The van der Waals surface area contributed by atoms with Crippen molar-refractivity contribution in [3.63, 3.8) is 0 Å². The molecule has 1 saturated carbocycles. The van der Waals surface area contributed by atoms with E-state index in [-0.39, 0.29) is 23.5 Å². The first kappa shape index (κ1) is 22.7. The van der Waals surface area contributed by atoms with Crippen LogP contribution in [0.3, 0.4) is 0 Å². The number of ether oxygens (including phenoxy) is 2. The molecular weight excluding hydrogens is 507 g/mol. The van der Waals surface area contributed by atoms with Gasteiger partial charge in [0, 0.05) is 31.1 Å². The smallest absolute Gasteiger partial charge is 0.410 e. The van der Waals surface area contributed by atoms with E-state index in [4.69, 9.17) is 32.7 Å². The van der Waals surface area contributed by atoms with E-state index in [1.54, 1.807) is 4.90 Å². The maximum absolute atomic E-state index is 12.5. The van der Waals surface area contributed by atoms with E-state index >= 15 is 0 Å². The molecule has 2 aliphatic rings. The normalized spacial score (nSPS) is 19.6. The first-order chi connectivity index (χ1) is 14.5. The molecule has 168 valence electrons. The zero-order chi connectivity index (χ0) is 22.5. The Morgan fingerprint density at radius 1 is 1.23 bits per heavy atom. The van der Waals surface area contributed by atoms with Crippen LogP contribution in [-0.4, -0.2) is 58.3 Å². The molecule has 0 N–H and O–H groups in total. The Bertz CT molecular complexity index is 1030. The van der Waals surface area contributed by atoms with Gasteiger partial charge >= 0.3 is 6.09 Å². The second kappa shape index (κ2) is 8.45. The molecule has 1 aliphatic carbocycles. The fourth-order valence-electron chi connectivity index (χ4n) is 3.58. The second-order valence-electron chi connectivity index (χ2n) is 9.00. The van der Waals surface area contributed by atoms with Crippen molar-refractivity contribution in [1.29, 1.82) is 0 Å². The molecule has 4 rings (SSSR count). The van der Waals surface area contributed by atoms with Crippen LogP contribution in [0.5, 0.6) is 5.75 Å². The zero-order valence-corrected chi connectivity index (χ0v) is 21.0. The molecule has 1 saturated heterocycles. The topological polar surface area (TPSA) is 67.8 Å². The third-order valence-corrected chi connectivity index (χ3v) is 6.64. The van der Waals surface area contributed by atoms with Gasteiger partial charge in [-0.15, -0.1) is 0 Å². The molecular formula is C21H25BrCl2N4O3. The highest BCUT2D eigenvalue weighted by molar-refractivity contribution is 9.10. The maximum Gasteiger partial charge on any atom is 0.410 e. The summed E-state index contributed by atoms with van der Waals surface area (Å²) in [5.41, 5.74) is 0.0931. The van der Waals surface area contributed by atoms with Gasteiger partial charge in [-0.05, 0) is 74.1 Å². The second-order valence-corrected chi connectivity index (χ2v) is 10.5. The minimum atomic E-state index is -0.532. The molecule has 1 atom stereocenters. The molecule has 1 aromatic carbocycles. The highest BCUT2D eigenvalue weighted by Gasteiger charge is 2.33. The third-order valence-electron chi connectivity index (χ3n) is 5.15. The Hall–Kier alpha value is -1.51. The van der Waals surface area contributed by atoms with E-state index in [1.807, 2.05) is 33.8 Å². The van der Waals surface area contributed by atoms with Gasteiger partial charge in [-0.3, -0.25) is 0 Å². The third kappa shape index (κ3) is 4.96. The molecule has 10 heteroatoms. The van der Waals surface area contributed by atoms with Crippen LogP contribution in [-0.2, 0) is 4.74 Å². The Labute approximate surface area is 200 Å². The summed E-state index contributed by atoms with van der Waals surface area (Å²) in [6.45, 7) is 9.23. The minimum absolute atomic E-state index is 0.00865. The van der Waals surface area contributed by atoms with Crippen LogP contribution in [0, 0.1) is 0 Å². The molecule has 1 aliphatic heterocycles. The lowest BCUT2D eigenvalue weighted by atomic mass is 10.1. The van der Waals surface area contributed by atoms with Crippen molar-refractivity contribution in [3.05, 3.63) is 20.8 Å². The number of carbonyl (C=O) groups excluding carboxylic acids is 1. The first-order valence-corrected chi connectivity index (χ1v) is 11.8. The van der Waals surface area contributed by atoms with Gasteiger partial charge in [0.15, 0.2) is 5.75 Å². The van der Waals surface area contributed by atoms with Gasteiger partial charge < -0.3 is 19.3 Å². The Morgan fingerprint density at radius 3 is 2.55 bits per heavy atom. The van der Waals surface area contributed by atoms with Crippen LogP contribution in [0.1, 0.15) is 40.5 Å². The van der Waals surface area contributed by atoms with Gasteiger partial charge in [0.25, 0.3) is 0 Å². The molecule has 1 amide bonds. The molecule has 0 unspecified atom stereocenters. The fourth-order valence-corrected chi connectivity index (χ4v) is 4.34. The monoisotopic (exact) mass is 530 g/mol. The summed E-state index contributed by atoms with van der Waals surface area (Å²) >= 11 is 16.4. The minimum Gasteiger partial charge on any atom is -0.487 e. The van der Waals surface area contributed by atoms with E-state index in [1.165, 1.54) is 0 Å². The number of rotatable bonds is 3. The lowest BCUT2D eigenvalue weighted by Crippen LogP contribution is -2.54. The number of nitrogens with zero attached hydrogens (tertiary/aromatic N) is 4. The number of carbonyl (C=O) groups is 1.